The summed E-state index contributed by atoms with van der Waals surface area (Å²) in [6, 6.07) is 3.79. The number of aromatic nitrogens is 1. The Balaban J connectivity index is 2.19. The molecule has 0 radical (unpaired) electrons. The van der Waals surface area contributed by atoms with Gasteiger partial charge >= 0.3 is 0 Å². The molecule has 0 fully saturated rings. The van der Waals surface area contributed by atoms with Gasteiger partial charge in [0.25, 0.3) is 0 Å². The summed E-state index contributed by atoms with van der Waals surface area (Å²) in [4.78, 5) is 6.32. The highest BCUT2D eigenvalue weighted by Crippen LogP contribution is 2.25. The zero-order chi connectivity index (χ0) is 13.1. The van der Waals surface area contributed by atoms with Crippen molar-refractivity contribution in [2.75, 3.05) is 11.9 Å². The van der Waals surface area contributed by atoms with Crippen molar-refractivity contribution in [3.63, 3.8) is 0 Å². The summed E-state index contributed by atoms with van der Waals surface area (Å²) in [6.45, 7) is 2.64. The van der Waals surface area contributed by atoms with Crippen molar-refractivity contribution in [3.05, 3.63) is 46.5 Å². The molecule has 0 bridgehead atoms. The van der Waals surface area contributed by atoms with E-state index in [1.165, 1.54) is 0 Å². The Morgan fingerprint density at radius 2 is 2.22 bits per heavy atom. The molecule has 3 nitrogen and oxygen atoms in total. The van der Waals surface area contributed by atoms with Crippen LogP contribution in [0.3, 0.4) is 0 Å². The Bertz CT molecular complexity index is 540. The fraction of sp³-hybridized carbons (Fsp3) is 0.308. The maximum Gasteiger partial charge on any atom is 0.147 e. The number of alkyl halides is 1. The van der Waals surface area contributed by atoms with Crippen molar-refractivity contribution in [2.24, 2.45) is 0 Å². The maximum absolute atomic E-state index is 6.20. The molecule has 0 N–H and O–H groups in total. The Morgan fingerprint density at radius 1 is 1.44 bits per heavy atom. The van der Waals surface area contributed by atoms with E-state index in [0.717, 1.165) is 22.7 Å². The van der Waals surface area contributed by atoms with Crippen molar-refractivity contribution in [1.29, 1.82) is 0 Å². The van der Waals surface area contributed by atoms with Crippen LogP contribution in [0.25, 0.3) is 0 Å². The van der Waals surface area contributed by atoms with Crippen molar-refractivity contribution < 1.29 is 4.42 Å². The molecule has 96 valence electrons. The SMILES string of the molecule is Cc1occc1CN(C)c1ncc(CCl)cc1Cl. The van der Waals surface area contributed by atoms with E-state index in [1.54, 1.807) is 12.5 Å². The standard InChI is InChI=1S/C13H14Cl2N2O/c1-9-11(3-4-18-9)8-17(2)13-12(15)5-10(6-14)7-16-13/h3-5,7H,6,8H2,1-2H3. The largest absolute Gasteiger partial charge is 0.469 e. The topological polar surface area (TPSA) is 29.3 Å². The summed E-state index contributed by atoms with van der Waals surface area (Å²) in [7, 11) is 1.95. The van der Waals surface area contributed by atoms with Gasteiger partial charge in [0.05, 0.1) is 11.3 Å². The van der Waals surface area contributed by atoms with Gasteiger partial charge < -0.3 is 9.32 Å². The van der Waals surface area contributed by atoms with E-state index in [2.05, 4.69) is 4.98 Å². The third kappa shape index (κ3) is 2.79. The molecule has 0 aliphatic heterocycles. The van der Waals surface area contributed by atoms with Gasteiger partial charge in [-0.2, -0.15) is 0 Å². The number of furan rings is 1. The Morgan fingerprint density at radius 3 is 2.78 bits per heavy atom. The number of pyridine rings is 1. The van der Waals surface area contributed by atoms with E-state index in [0.29, 0.717) is 17.4 Å². The molecule has 0 atom stereocenters. The van der Waals surface area contributed by atoms with Crippen LogP contribution in [0.2, 0.25) is 5.02 Å². The number of hydrogen-bond acceptors (Lipinski definition) is 3. The molecule has 0 saturated heterocycles. The lowest BCUT2D eigenvalue weighted by Crippen LogP contribution is -2.18. The van der Waals surface area contributed by atoms with Crippen molar-refractivity contribution >= 4 is 29.0 Å². The van der Waals surface area contributed by atoms with Crippen molar-refractivity contribution in [1.82, 2.24) is 4.98 Å². The van der Waals surface area contributed by atoms with Crippen molar-refractivity contribution in [2.45, 2.75) is 19.3 Å². The molecule has 0 unspecified atom stereocenters. The van der Waals surface area contributed by atoms with Crippen LogP contribution in [0.15, 0.2) is 29.0 Å². The van der Waals surface area contributed by atoms with E-state index in [4.69, 9.17) is 27.6 Å². The summed E-state index contributed by atoms with van der Waals surface area (Å²) in [5, 5.41) is 0.608. The predicted octanol–water partition coefficient (Wildman–Crippen LogP) is 4.01. The summed E-state index contributed by atoms with van der Waals surface area (Å²) >= 11 is 11.9. The van der Waals surface area contributed by atoms with E-state index < -0.39 is 0 Å². The first-order chi connectivity index (χ1) is 8.61. The molecule has 0 saturated carbocycles. The average molecular weight is 285 g/mol. The van der Waals surface area contributed by atoms with Crippen LogP contribution in [0.1, 0.15) is 16.9 Å². The van der Waals surface area contributed by atoms with Gasteiger partial charge in [-0.1, -0.05) is 11.6 Å². The van der Waals surface area contributed by atoms with Crippen LogP contribution in [-0.4, -0.2) is 12.0 Å². The summed E-state index contributed by atoms with van der Waals surface area (Å²) < 4.78 is 5.27. The lowest BCUT2D eigenvalue weighted by molar-refractivity contribution is 0.529. The molecule has 0 amide bonds. The monoisotopic (exact) mass is 284 g/mol. The van der Waals surface area contributed by atoms with Crippen LogP contribution < -0.4 is 4.90 Å². The fourth-order valence-electron chi connectivity index (χ4n) is 1.73. The second-order valence-corrected chi connectivity index (χ2v) is 4.82. The molecule has 2 aromatic heterocycles. The second-order valence-electron chi connectivity index (χ2n) is 4.14. The van der Waals surface area contributed by atoms with Gasteiger partial charge in [-0.05, 0) is 24.6 Å². The van der Waals surface area contributed by atoms with Gasteiger partial charge in [0.1, 0.15) is 11.6 Å². The molecule has 2 aromatic rings. The van der Waals surface area contributed by atoms with Crippen LogP contribution in [0.4, 0.5) is 5.82 Å². The number of halogens is 2. The smallest absolute Gasteiger partial charge is 0.147 e. The summed E-state index contributed by atoms with van der Waals surface area (Å²) in [5.74, 6) is 2.07. The molecule has 2 heterocycles. The van der Waals surface area contributed by atoms with E-state index in [-0.39, 0.29) is 0 Å². The van der Waals surface area contributed by atoms with Gasteiger partial charge in [0.15, 0.2) is 0 Å². The highest BCUT2D eigenvalue weighted by Gasteiger charge is 2.11. The molecular weight excluding hydrogens is 271 g/mol. The van der Waals surface area contributed by atoms with Gasteiger partial charge in [-0.25, -0.2) is 4.98 Å². The Labute approximate surface area is 116 Å². The van der Waals surface area contributed by atoms with Crippen molar-refractivity contribution in [3.8, 4) is 0 Å². The molecule has 0 spiro atoms. The van der Waals surface area contributed by atoms with Crippen LogP contribution in [0, 0.1) is 6.92 Å². The lowest BCUT2D eigenvalue weighted by Gasteiger charge is -2.19. The molecule has 2 rings (SSSR count). The fourth-order valence-corrected chi connectivity index (χ4v) is 2.21. The molecule has 0 aliphatic rings. The zero-order valence-electron chi connectivity index (χ0n) is 10.3. The molecule has 5 heteroatoms. The third-order valence-corrected chi connectivity index (χ3v) is 3.35. The van der Waals surface area contributed by atoms with E-state index >= 15 is 0 Å². The number of nitrogens with zero attached hydrogens (tertiary/aromatic N) is 2. The lowest BCUT2D eigenvalue weighted by atomic mass is 10.2. The highest BCUT2D eigenvalue weighted by atomic mass is 35.5. The minimum absolute atomic E-state index is 0.414. The predicted molar refractivity (Wildman–Crippen MR) is 74.4 cm³/mol. The van der Waals surface area contributed by atoms with Crippen LogP contribution >= 0.6 is 23.2 Å². The quantitative estimate of drug-likeness (QED) is 0.795. The van der Waals surface area contributed by atoms with Crippen LogP contribution in [0.5, 0.6) is 0 Å². The van der Waals surface area contributed by atoms with Gasteiger partial charge in [0, 0.05) is 31.2 Å². The first kappa shape index (κ1) is 13.2. The molecule has 0 aliphatic carbocycles. The minimum Gasteiger partial charge on any atom is -0.469 e. The number of aryl methyl sites for hydroxylation is 1. The molecule has 18 heavy (non-hydrogen) atoms. The third-order valence-electron chi connectivity index (χ3n) is 2.77. The van der Waals surface area contributed by atoms with Crippen LogP contribution in [-0.2, 0) is 12.4 Å². The van der Waals surface area contributed by atoms with Gasteiger partial charge in [-0.3, -0.25) is 0 Å². The summed E-state index contributed by atoms with van der Waals surface area (Å²) in [6.07, 6.45) is 3.43. The Kier molecular flexibility index (Phi) is 4.15. The first-order valence-corrected chi connectivity index (χ1v) is 6.47. The van der Waals surface area contributed by atoms with E-state index in [9.17, 15) is 0 Å². The molecular formula is C13H14Cl2N2O. The summed E-state index contributed by atoms with van der Waals surface area (Å²) in [5.41, 5.74) is 2.04. The zero-order valence-corrected chi connectivity index (χ0v) is 11.8. The maximum atomic E-state index is 6.20. The number of anilines is 1. The first-order valence-electron chi connectivity index (χ1n) is 5.56. The minimum atomic E-state index is 0.414. The average Bonchev–Trinajstić information content (AvgIpc) is 2.74. The normalized spacial score (nSPS) is 10.7. The number of hydrogen-bond donors (Lipinski definition) is 0. The van der Waals surface area contributed by atoms with Gasteiger partial charge in [0.2, 0.25) is 0 Å². The number of rotatable bonds is 4. The molecule has 0 aromatic carbocycles. The second kappa shape index (κ2) is 5.63. The Hall–Kier alpha value is -1.19. The van der Waals surface area contributed by atoms with Gasteiger partial charge in [-0.15, -0.1) is 11.6 Å². The van der Waals surface area contributed by atoms with E-state index in [1.807, 2.05) is 31.0 Å². The highest BCUT2D eigenvalue weighted by molar-refractivity contribution is 6.33.